The lowest BCUT2D eigenvalue weighted by molar-refractivity contribution is -0.146. The van der Waals surface area contributed by atoms with Crippen LogP contribution in [0, 0.1) is 5.41 Å². The van der Waals surface area contributed by atoms with Crippen molar-refractivity contribution >= 4 is 11.8 Å². The second-order valence-electron chi connectivity index (χ2n) is 5.43. The van der Waals surface area contributed by atoms with Gasteiger partial charge < -0.3 is 10.2 Å². The van der Waals surface area contributed by atoms with Crippen LogP contribution in [0.2, 0.25) is 0 Å². The molecular weight excluding hydrogens is 204 g/mol. The summed E-state index contributed by atoms with van der Waals surface area (Å²) in [7, 11) is 0. The smallest absolute Gasteiger partial charge is 0.242 e. The fourth-order valence-electron chi connectivity index (χ4n) is 2.79. The monoisotopic (exact) mass is 224 g/mol. The van der Waals surface area contributed by atoms with Gasteiger partial charge in [0, 0.05) is 6.54 Å². The normalized spacial score (nSPS) is 29.4. The average Bonchev–Trinajstić information content (AvgIpc) is 2.66. The average molecular weight is 224 g/mol. The first kappa shape index (κ1) is 11.4. The van der Waals surface area contributed by atoms with E-state index < -0.39 is 0 Å². The van der Waals surface area contributed by atoms with E-state index in [1.54, 1.807) is 4.90 Å². The Morgan fingerprint density at radius 2 is 2.00 bits per heavy atom. The Kier molecular flexibility index (Phi) is 2.91. The fraction of sp³-hybridized carbons (Fsp3) is 0.833. The highest BCUT2D eigenvalue weighted by Gasteiger charge is 2.37. The van der Waals surface area contributed by atoms with Gasteiger partial charge in [0.1, 0.15) is 6.04 Å². The van der Waals surface area contributed by atoms with Crippen LogP contribution in [0.4, 0.5) is 0 Å². The lowest BCUT2D eigenvalue weighted by atomic mass is 9.87. The van der Waals surface area contributed by atoms with Gasteiger partial charge in [-0.25, -0.2) is 0 Å². The minimum absolute atomic E-state index is 0.0267. The molecule has 4 nitrogen and oxygen atoms in total. The Hall–Kier alpha value is -1.06. The molecule has 4 heteroatoms. The number of carbonyl (C=O) groups excluding carboxylic acids is 2. The summed E-state index contributed by atoms with van der Waals surface area (Å²) in [6, 6.07) is -0.307. The van der Waals surface area contributed by atoms with Crippen molar-refractivity contribution in [1.82, 2.24) is 10.2 Å². The first-order valence-corrected chi connectivity index (χ1v) is 6.09. The van der Waals surface area contributed by atoms with Gasteiger partial charge in [0.2, 0.25) is 11.8 Å². The van der Waals surface area contributed by atoms with E-state index in [9.17, 15) is 9.59 Å². The number of amides is 2. The van der Waals surface area contributed by atoms with Crippen molar-refractivity contribution in [3.8, 4) is 0 Å². The molecule has 1 aliphatic carbocycles. The Morgan fingerprint density at radius 3 is 2.62 bits per heavy atom. The predicted molar refractivity (Wildman–Crippen MR) is 60.8 cm³/mol. The molecule has 90 valence electrons. The fourth-order valence-corrected chi connectivity index (χ4v) is 2.79. The first-order chi connectivity index (χ1) is 7.52. The summed E-state index contributed by atoms with van der Waals surface area (Å²) in [5, 5.41) is 2.62. The highest BCUT2D eigenvalue weighted by molar-refractivity contribution is 5.94. The van der Waals surface area contributed by atoms with E-state index in [0.717, 1.165) is 6.54 Å². The van der Waals surface area contributed by atoms with Crippen molar-refractivity contribution in [1.29, 1.82) is 0 Å². The van der Waals surface area contributed by atoms with E-state index in [4.69, 9.17) is 0 Å². The van der Waals surface area contributed by atoms with Crippen LogP contribution in [0.5, 0.6) is 0 Å². The van der Waals surface area contributed by atoms with Crippen molar-refractivity contribution < 1.29 is 9.59 Å². The summed E-state index contributed by atoms with van der Waals surface area (Å²) in [5.74, 6) is 0.0291. The number of hydrogen-bond acceptors (Lipinski definition) is 2. The highest BCUT2D eigenvalue weighted by Crippen LogP contribution is 2.38. The molecule has 0 radical (unpaired) electrons. The molecule has 0 aromatic heterocycles. The van der Waals surface area contributed by atoms with E-state index in [-0.39, 0.29) is 29.8 Å². The second kappa shape index (κ2) is 4.07. The molecule has 1 saturated carbocycles. The van der Waals surface area contributed by atoms with Crippen LogP contribution < -0.4 is 5.32 Å². The van der Waals surface area contributed by atoms with Crippen molar-refractivity contribution in [3.05, 3.63) is 0 Å². The SMILES string of the molecule is CC1C(=O)NCC(=O)N1CC1(C)CCCC1. The molecule has 1 saturated heterocycles. The number of piperazine rings is 1. The molecule has 2 rings (SSSR count). The van der Waals surface area contributed by atoms with Gasteiger partial charge in [0.05, 0.1) is 6.54 Å². The van der Waals surface area contributed by atoms with Crippen LogP contribution in [-0.2, 0) is 9.59 Å². The zero-order valence-electron chi connectivity index (χ0n) is 10.1. The summed E-state index contributed by atoms with van der Waals surface area (Å²) in [6.07, 6.45) is 4.84. The number of nitrogens with one attached hydrogen (secondary N) is 1. The molecule has 16 heavy (non-hydrogen) atoms. The maximum Gasteiger partial charge on any atom is 0.242 e. The Balaban J connectivity index is 2.06. The molecule has 2 amide bonds. The van der Waals surface area contributed by atoms with Crippen LogP contribution in [-0.4, -0.2) is 35.8 Å². The van der Waals surface area contributed by atoms with E-state index >= 15 is 0 Å². The molecule has 2 aliphatic rings. The Morgan fingerprint density at radius 1 is 1.38 bits per heavy atom. The van der Waals surface area contributed by atoms with Crippen LogP contribution in [0.3, 0.4) is 0 Å². The maximum absolute atomic E-state index is 11.8. The molecule has 1 N–H and O–H groups in total. The van der Waals surface area contributed by atoms with Gasteiger partial charge >= 0.3 is 0 Å². The summed E-state index contributed by atoms with van der Waals surface area (Å²) in [5.41, 5.74) is 0.224. The molecule has 1 atom stereocenters. The quantitative estimate of drug-likeness (QED) is 0.758. The van der Waals surface area contributed by atoms with E-state index in [2.05, 4.69) is 12.2 Å². The van der Waals surface area contributed by atoms with Gasteiger partial charge in [-0.15, -0.1) is 0 Å². The molecule has 1 aliphatic heterocycles. The highest BCUT2D eigenvalue weighted by atomic mass is 16.2. The number of nitrogens with zero attached hydrogens (tertiary/aromatic N) is 1. The van der Waals surface area contributed by atoms with Crippen molar-refractivity contribution in [3.63, 3.8) is 0 Å². The first-order valence-electron chi connectivity index (χ1n) is 6.09. The third-order valence-corrected chi connectivity index (χ3v) is 3.94. The van der Waals surface area contributed by atoms with Gasteiger partial charge in [-0.2, -0.15) is 0 Å². The van der Waals surface area contributed by atoms with Crippen LogP contribution in [0.1, 0.15) is 39.5 Å². The van der Waals surface area contributed by atoms with Crippen LogP contribution in [0.25, 0.3) is 0 Å². The van der Waals surface area contributed by atoms with Crippen molar-refractivity contribution in [2.75, 3.05) is 13.1 Å². The summed E-state index contributed by atoms with van der Waals surface area (Å²) in [6.45, 7) is 4.94. The second-order valence-corrected chi connectivity index (χ2v) is 5.43. The molecule has 0 spiro atoms. The molecule has 1 unspecified atom stereocenters. The molecule has 1 heterocycles. The summed E-state index contributed by atoms with van der Waals surface area (Å²) < 4.78 is 0. The maximum atomic E-state index is 11.8. The Labute approximate surface area is 96.4 Å². The largest absolute Gasteiger partial charge is 0.345 e. The van der Waals surface area contributed by atoms with E-state index in [0.29, 0.717) is 0 Å². The zero-order chi connectivity index (χ0) is 11.8. The van der Waals surface area contributed by atoms with Crippen molar-refractivity contribution in [2.45, 2.75) is 45.6 Å². The number of carbonyl (C=O) groups is 2. The molecule has 0 aromatic rings. The standard InChI is InChI=1S/C12H20N2O2/c1-9-11(16)13-7-10(15)14(9)8-12(2)5-3-4-6-12/h9H,3-8H2,1-2H3,(H,13,16). The van der Waals surface area contributed by atoms with Gasteiger partial charge in [0.25, 0.3) is 0 Å². The van der Waals surface area contributed by atoms with Crippen LogP contribution >= 0.6 is 0 Å². The molecule has 0 bridgehead atoms. The van der Waals surface area contributed by atoms with E-state index in [1.165, 1.54) is 25.7 Å². The molecule has 2 fully saturated rings. The summed E-state index contributed by atoms with van der Waals surface area (Å²) >= 11 is 0. The van der Waals surface area contributed by atoms with Crippen LogP contribution in [0.15, 0.2) is 0 Å². The number of rotatable bonds is 2. The lowest BCUT2D eigenvalue weighted by Crippen LogP contribution is -2.59. The third-order valence-electron chi connectivity index (χ3n) is 3.94. The van der Waals surface area contributed by atoms with E-state index in [1.807, 2.05) is 6.92 Å². The Bertz CT molecular complexity index is 308. The topological polar surface area (TPSA) is 49.4 Å². The van der Waals surface area contributed by atoms with Crippen molar-refractivity contribution in [2.24, 2.45) is 5.41 Å². The van der Waals surface area contributed by atoms with Gasteiger partial charge in [-0.05, 0) is 25.2 Å². The molecular formula is C12H20N2O2. The minimum Gasteiger partial charge on any atom is -0.345 e. The number of hydrogen-bond donors (Lipinski definition) is 1. The minimum atomic E-state index is -0.307. The van der Waals surface area contributed by atoms with Gasteiger partial charge in [-0.1, -0.05) is 19.8 Å². The third kappa shape index (κ3) is 2.06. The zero-order valence-corrected chi connectivity index (χ0v) is 10.1. The predicted octanol–water partition coefficient (Wildman–Crippen LogP) is 0.914. The molecule has 0 aromatic carbocycles. The summed E-state index contributed by atoms with van der Waals surface area (Å²) in [4.78, 5) is 25.1. The van der Waals surface area contributed by atoms with Gasteiger partial charge in [-0.3, -0.25) is 9.59 Å². The lowest BCUT2D eigenvalue weighted by Gasteiger charge is -2.38. The van der Waals surface area contributed by atoms with Gasteiger partial charge in [0.15, 0.2) is 0 Å².